The van der Waals surface area contributed by atoms with E-state index in [0.717, 1.165) is 6.54 Å². The first kappa shape index (κ1) is 16.2. The van der Waals surface area contributed by atoms with E-state index >= 15 is 0 Å². The summed E-state index contributed by atoms with van der Waals surface area (Å²) in [4.78, 5) is 10.4. The Morgan fingerprint density at radius 2 is 2.20 bits per heavy atom. The van der Waals surface area contributed by atoms with Gasteiger partial charge in [-0.1, -0.05) is 6.92 Å². The van der Waals surface area contributed by atoms with Crippen molar-refractivity contribution in [2.24, 2.45) is 0 Å². The second-order valence-electron chi connectivity index (χ2n) is 4.66. The number of nitro groups is 1. The fourth-order valence-electron chi connectivity index (χ4n) is 1.57. The van der Waals surface area contributed by atoms with Crippen molar-refractivity contribution in [2.45, 2.75) is 19.4 Å². The van der Waals surface area contributed by atoms with Crippen molar-refractivity contribution in [2.75, 3.05) is 26.8 Å². The fraction of sp³-hybridized carbons (Fsp3) is 0.538. The first-order valence-electron chi connectivity index (χ1n) is 6.28. The van der Waals surface area contributed by atoms with Crippen LogP contribution in [0, 0.1) is 10.1 Å². The molecule has 7 nitrogen and oxygen atoms in total. The average molecular weight is 284 g/mol. The van der Waals surface area contributed by atoms with E-state index in [1.54, 1.807) is 13.0 Å². The third-order valence-electron chi connectivity index (χ3n) is 2.66. The second-order valence-corrected chi connectivity index (χ2v) is 4.66. The van der Waals surface area contributed by atoms with Crippen molar-refractivity contribution in [3.05, 3.63) is 28.3 Å². The van der Waals surface area contributed by atoms with Gasteiger partial charge in [0.15, 0.2) is 5.75 Å². The third kappa shape index (κ3) is 4.67. The molecule has 0 aliphatic carbocycles. The van der Waals surface area contributed by atoms with E-state index in [1.165, 1.54) is 19.2 Å². The number of hydrogen-bond donors (Lipinski definition) is 2. The molecule has 0 aliphatic rings. The van der Waals surface area contributed by atoms with Crippen LogP contribution in [0.5, 0.6) is 11.5 Å². The first-order chi connectivity index (χ1) is 9.39. The summed E-state index contributed by atoms with van der Waals surface area (Å²) in [5.41, 5.74) is -1.30. The number of nitrogens with one attached hydrogen (secondary N) is 1. The number of ether oxygens (including phenoxy) is 2. The number of aliphatic hydroxyl groups is 1. The Kier molecular flexibility index (Phi) is 5.72. The average Bonchev–Trinajstić information content (AvgIpc) is 2.42. The van der Waals surface area contributed by atoms with Crippen LogP contribution in [0.15, 0.2) is 18.2 Å². The maximum Gasteiger partial charge on any atom is 0.314 e. The highest BCUT2D eigenvalue weighted by molar-refractivity contribution is 5.50. The van der Waals surface area contributed by atoms with E-state index in [4.69, 9.17) is 9.47 Å². The molecule has 0 amide bonds. The summed E-state index contributed by atoms with van der Waals surface area (Å²) in [6.45, 7) is 4.54. The number of rotatable bonds is 8. The van der Waals surface area contributed by atoms with E-state index in [0.29, 0.717) is 12.3 Å². The molecule has 1 unspecified atom stereocenters. The summed E-state index contributed by atoms with van der Waals surface area (Å²) in [5, 5.41) is 24.0. The summed E-state index contributed by atoms with van der Waals surface area (Å²) in [7, 11) is 1.43. The molecule has 20 heavy (non-hydrogen) atoms. The number of benzene rings is 1. The molecule has 0 heterocycles. The lowest BCUT2D eigenvalue weighted by atomic mass is 10.1. The van der Waals surface area contributed by atoms with Gasteiger partial charge >= 0.3 is 5.69 Å². The number of hydrogen-bond acceptors (Lipinski definition) is 6. The topological polar surface area (TPSA) is 93.9 Å². The lowest BCUT2D eigenvalue weighted by Gasteiger charge is -2.23. The predicted molar refractivity (Wildman–Crippen MR) is 74.3 cm³/mol. The van der Waals surface area contributed by atoms with Crippen LogP contribution in [0.25, 0.3) is 0 Å². The van der Waals surface area contributed by atoms with Gasteiger partial charge < -0.3 is 19.9 Å². The zero-order valence-electron chi connectivity index (χ0n) is 11.9. The zero-order valence-corrected chi connectivity index (χ0v) is 11.9. The van der Waals surface area contributed by atoms with Crippen molar-refractivity contribution in [1.29, 1.82) is 0 Å². The largest absolute Gasteiger partial charge is 0.496 e. The Bertz CT molecular complexity index is 462. The van der Waals surface area contributed by atoms with Crippen molar-refractivity contribution in [1.82, 2.24) is 5.32 Å². The number of methoxy groups -OCH3 is 1. The molecule has 0 radical (unpaired) electrons. The van der Waals surface area contributed by atoms with E-state index in [1.807, 2.05) is 6.92 Å². The highest BCUT2D eigenvalue weighted by Gasteiger charge is 2.23. The maximum absolute atomic E-state index is 11.0. The SMILES string of the molecule is CCNCC(C)(O)COc1ccc(OC)cc1[N+](=O)[O-]. The monoisotopic (exact) mass is 284 g/mol. The van der Waals surface area contributed by atoms with E-state index in [2.05, 4.69) is 5.32 Å². The molecule has 2 N–H and O–H groups in total. The normalized spacial score (nSPS) is 13.6. The molecule has 0 aliphatic heterocycles. The van der Waals surface area contributed by atoms with Gasteiger partial charge in [0.05, 0.1) is 18.1 Å². The summed E-state index contributed by atoms with van der Waals surface area (Å²) in [6, 6.07) is 4.32. The molecule has 1 rings (SSSR count). The van der Waals surface area contributed by atoms with Gasteiger partial charge in [0, 0.05) is 6.54 Å². The van der Waals surface area contributed by atoms with Crippen molar-refractivity contribution >= 4 is 5.69 Å². The lowest BCUT2D eigenvalue weighted by molar-refractivity contribution is -0.386. The molecule has 0 fully saturated rings. The minimum absolute atomic E-state index is 0.0484. The Morgan fingerprint density at radius 3 is 2.75 bits per heavy atom. The molecule has 0 bridgehead atoms. The van der Waals surface area contributed by atoms with E-state index in [-0.39, 0.29) is 18.0 Å². The maximum atomic E-state index is 11.0. The van der Waals surface area contributed by atoms with Crippen LogP contribution in [0.4, 0.5) is 5.69 Å². The first-order valence-corrected chi connectivity index (χ1v) is 6.28. The van der Waals surface area contributed by atoms with Crippen LogP contribution < -0.4 is 14.8 Å². The fourth-order valence-corrected chi connectivity index (χ4v) is 1.57. The summed E-state index contributed by atoms with van der Waals surface area (Å²) < 4.78 is 10.3. The van der Waals surface area contributed by atoms with Crippen LogP contribution in [0.2, 0.25) is 0 Å². The predicted octanol–water partition coefficient (Wildman–Crippen LogP) is 1.34. The van der Waals surface area contributed by atoms with Crippen LogP contribution in [-0.4, -0.2) is 42.4 Å². The molecule has 1 aromatic carbocycles. The molecule has 0 spiro atoms. The zero-order chi connectivity index (χ0) is 15.2. The van der Waals surface area contributed by atoms with Crippen LogP contribution in [0.3, 0.4) is 0 Å². The van der Waals surface area contributed by atoms with Gasteiger partial charge in [-0.3, -0.25) is 10.1 Å². The third-order valence-corrected chi connectivity index (χ3v) is 2.66. The van der Waals surface area contributed by atoms with Gasteiger partial charge in [0.1, 0.15) is 18.0 Å². The van der Waals surface area contributed by atoms with E-state index < -0.39 is 10.5 Å². The Labute approximate surface area is 117 Å². The Morgan fingerprint density at radius 1 is 1.50 bits per heavy atom. The molecule has 0 saturated carbocycles. The van der Waals surface area contributed by atoms with Gasteiger partial charge in [0.25, 0.3) is 0 Å². The second kappa shape index (κ2) is 7.06. The standard InChI is InChI=1S/C13H20N2O5/c1-4-14-8-13(2,16)9-20-12-6-5-10(19-3)7-11(12)15(17)18/h5-7,14,16H,4,8-9H2,1-3H3. The molecule has 7 heteroatoms. The van der Waals surface area contributed by atoms with Crippen molar-refractivity contribution < 1.29 is 19.5 Å². The molecule has 0 aromatic heterocycles. The Balaban J connectivity index is 2.79. The smallest absolute Gasteiger partial charge is 0.314 e. The molecule has 112 valence electrons. The highest BCUT2D eigenvalue weighted by atomic mass is 16.6. The number of nitro benzene ring substituents is 1. The Hall–Kier alpha value is -1.86. The van der Waals surface area contributed by atoms with Crippen LogP contribution >= 0.6 is 0 Å². The minimum atomic E-state index is -1.11. The van der Waals surface area contributed by atoms with Gasteiger partial charge in [0.2, 0.25) is 0 Å². The molecule has 1 atom stereocenters. The van der Waals surface area contributed by atoms with Crippen molar-refractivity contribution in [3.8, 4) is 11.5 Å². The van der Waals surface area contributed by atoms with Crippen LogP contribution in [0.1, 0.15) is 13.8 Å². The number of nitrogens with zero attached hydrogens (tertiary/aromatic N) is 1. The van der Waals surface area contributed by atoms with Gasteiger partial charge in [-0.05, 0) is 25.6 Å². The van der Waals surface area contributed by atoms with Crippen molar-refractivity contribution in [3.63, 3.8) is 0 Å². The summed E-state index contributed by atoms with van der Waals surface area (Å²) in [6.07, 6.45) is 0. The summed E-state index contributed by atoms with van der Waals surface area (Å²) >= 11 is 0. The van der Waals surface area contributed by atoms with Gasteiger partial charge in [-0.25, -0.2) is 0 Å². The van der Waals surface area contributed by atoms with E-state index in [9.17, 15) is 15.2 Å². The minimum Gasteiger partial charge on any atom is -0.496 e. The van der Waals surface area contributed by atoms with Gasteiger partial charge in [-0.2, -0.15) is 0 Å². The lowest BCUT2D eigenvalue weighted by Crippen LogP contribution is -2.42. The molecular formula is C13H20N2O5. The van der Waals surface area contributed by atoms with Crippen LogP contribution in [-0.2, 0) is 0 Å². The molecule has 0 saturated heterocycles. The molecular weight excluding hydrogens is 264 g/mol. The number of likely N-dealkylation sites (N-methyl/N-ethyl adjacent to an activating group) is 1. The van der Waals surface area contributed by atoms with Gasteiger partial charge in [-0.15, -0.1) is 0 Å². The molecule has 1 aromatic rings. The highest BCUT2D eigenvalue weighted by Crippen LogP contribution is 2.31. The quantitative estimate of drug-likeness (QED) is 0.552. The summed E-state index contributed by atoms with van der Waals surface area (Å²) in [5.74, 6) is 0.482.